The van der Waals surface area contributed by atoms with Gasteiger partial charge in [0.05, 0.1) is 22.1 Å². The van der Waals surface area contributed by atoms with Crippen molar-refractivity contribution in [2.75, 3.05) is 0 Å². The number of rotatable bonds is 2. The summed E-state index contributed by atoms with van der Waals surface area (Å²) in [6.07, 6.45) is 5.04. The van der Waals surface area contributed by atoms with Crippen LogP contribution in [0.5, 0.6) is 0 Å². The van der Waals surface area contributed by atoms with Gasteiger partial charge >= 0.3 is 0 Å². The molecule has 0 aliphatic rings. The third-order valence-electron chi connectivity index (χ3n) is 2.23. The first kappa shape index (κ1) is 11.3. The smallest absolute Gasteiger partial charge is 0.267 e. The second-order valence-electron chi connectivity index (χ2n) is 3.44. The predicted molar refractivity (Wildman–Crippen MR) is 69.3 cm³/mol. The fourth-order valence-electron chi connectivity index (χ4n) is 1.35. The summed E-state index contributed by atoms with van der Waals surface area (Å²) in [6, 6.07) is 3.79. The lowest BCUT2D eigenvalue weighted by Gasteiger charge is -2.06. The van der Waals surface area contributed by atoms with E-state index in [-0.39, 0.29) is 5.56 Å². The van der Waals surface area contributed by atoms with E-state index in [9.17, 15) is 4.79 Å². The van der Waals surface area contributed by atoms with Crippen molar-refractivity contribution in [3.8, 4) is 0 Å². The first-order valence-electron chi connectivity index (χ1n) is 4.79. The van der Waals surface area contributed by atoms with Gasteiger partial charge in [-0.2, -0.15) is 0 Å². The summed E-state index contributed by atoms with van der Waals surface area (Å²) < 4.78 is 2.26. The molecule has 0 aromatic carbocycles. The molecular weight excluding hydrogens is 317 g/mol. The Balaban J connectivity index is 2.37. The highest BCUT2D eigenvalue weighted by Gasteiger charge is 2.05. The highest BCUT2D eigenvalue weighted by Crippen LogP contribution is 2.03. The number of halogens is 1. The minimum absolute atomic E-state index is 0.00282. The van der Waals surface area contributed by atoms with E-state index in [0.717, 1.165) is 11.3 Å². The fourth-order valence-corrected chi connectivity index (χ4v) is 1.80. The highest BCUT2D eigenvalue weighted by molar-refractivity contribution is 14.1. The Morgan fingerprint density at radius 2 is 2.31 bits per heavy atom. The van der Waals surface area contributed by atoms with Crippen LogP contribution in [0.15, 0.2) is 35.6 Å². The van der Waals surface area contributed by atoms with Crippen LogP contribution in [0, 0.1) is 10.5 Å². The number of hydrogen-bond acceptors (Lipinski definition) is 3. The van der Waals surface area contributed by atoms with Crippen molar-refractivity contribution in [2.24, 2.45) is 0 Å². The van der Waals surface area contributed by atoms with Crippen molar-refractivity contribution in [1.29, 1.82) is 0 Å². The summed E-state index contributed by atoms with van der Waals surface area (Å²) >= 11 is 2.03. The van der Waals surface area contributed by atoms with Gasteiger partial charge in [0.15, 0.2) is 0 Å². The normalized spacial score (nSPS) is 10.4. The molecule has 16 heavy (non-hydrogen) atoms. The summed E-state index contributed by atoms with van der Waals surface area (Å²) in [5.74, 6) is 0. The van der Waals surface area contributed by atoms with E-state index in [1.165, 1.54) is 0 Å². The monoisotopic (exact) mass is 327 g/mol. The number of aromatic nitrogens is 3. The topological polar surface area (TPSA) is 47.8 Å². The van der Waals surface area contributed by atoms with Gasteiger partial charge in [0.1, 0.15) is 0 Å². The van der Waals surface area contributed by atoms with E-state index in [4.69, 9.17) is 0 Å². The van der Waals surface area contributed by atoms with Crippen molar-refractivity contribution in [3.05, 3.63) is 56.0 Å². The van der Waals surface area contributed by atoms with Gasteiger partial charge in [0.25, 0.3) is 5.56 Å². The molecule has 4 nitrogen and oxygen atoms in total. The third kappa shape index (κ3) is 2.29. The van der Waals surface area contributed by atoms with Crippen molar-refractivity contribution < 1.29 is 0 Å². The van der Waals surface area contributed by atoms with Crippen LogP contribution in [0.3, 0.4) is 0 Å². The molecule has 2 aromatic heterocycles. The van der Waals surface area contributed by atoms with Crippen molar-refractivity contribution >= 4 is 22.6 Å². The van der Waals surface area contributed by atoms with Gasteiger partial charge in [-0.05, 0) is 41.1 Å². The molecule has 0 amide bonds. The zero-order chi connectivity index (χ0) is 11.5. The van der Waals surface area contributed by atoms with Crippen LogP contribution < -0.4 is 5.56 Å². The molecule has 2 aromatic rings. The van der Waals surface area contributed by atoms with Crippen LogP contribution in [0.1, 0.15) is 11.3 Å². The zero-order valence-corrected chi connectivity index (χ0v) is 10.9. The van der Waals surface area contributed by atoms with Crippen LogP contribution >= 0.6 is 22.6 Å². The molecular formula is C11H10IN3O. The van der Waals surface area contributed by atoms with Crippen molar-refractivity contribution in [1.82, 2.24) is 14.5 Å². The van der Waals surface area contributed by atoms with Crippen LogP contribution in [-0.4, -0.2) is 14.5 Å². The lowest BCUT2D eigenvalue weighted by molar-refractivity contribution is 0.721. The average molecular weight is 327 g/mol. The maximum atomic E-state index is 11.9. The Hall–Kier alpha value is -1.24. The minimum atomic E-state index is -0.00282. The molecule has 0 fully saturated rings. The summed E-state index contributed by atoms with van der Waals surface area (Å²) in [4.78, 5) is 20.1. The van der Waals surface area contributed by atoms with E-state index < -0.39 is 0 Å². The van der Waals surface area contributed by atoms with Crippen molar-refractivity contribution in [3.63, 3.8) is 0 Å². The van der Waals surface area contributed by atoms with Crippen LogP contribution in [0.2, 0.25) is 0 Å². The predicted octanol–water partition coefficient (Wildman–Crippen LogP) is 1.60. The molecule has 0 unspecified atom stereocenters. The first-order valence-corrected chi connectivity index (χ1v) is 5.87. The molecule has 5 heteroatoms. The largest absolute Gasteiger partial charge is 0.294 e. The van der Waals surface area contributed by atoms with Gasteiger partial charge in [0, 0.05) is 12.4 Å². The van der Waals surface area contributed by atoms with E-state index in [2.05, 4.69) is 9.97 Å². The zero-order valence-electron chi connectivity index (χ0n) is 8.72. The first-order chi connectivity index (χ1) is 7.68. The molecule has 0 aliphatic heterocycles. The van der Waals surface area contributed by atoms with Crippen molar-refractivity contribution in [2.45, 2.75) is 13.5 Å². The Bertz CT molecular complexity index is 551. The van der Waals surface area contributed by atoms with E-state index in [1.54, 1.807) is 23.3 Å². The highest BCUT2D eigenvalue weighted by atomic mass is 127. The molecule has 0 atom stereocenters. The number of pyridine rings is 1. The second kappa shape index (κ2) is 4.73. The summed E-state index contributed by atoms with van der Waals surface area (Å²) in [6.45, 7) is 2.34. The number of hydrogen-bond donors (Lipinski definition) is 0. The van der Waals surface area contributed by atoms with Gasteiger partial charge in [-0.1, -0.05) is 6.07 Å². The number of nitrogens with zero attached hydrogens (tertiary/aromatic N) is 3. The lowest BCUT2D eigenvalue weighted by Crippen LogP contribution is -2.24. The fraction of sp³-hybridized carbons (Fsp3) is 0.182. The van der Waals surface area contributed by atoms with E-state index in [1.807, 2.05) is 41.6 Å². The maximum Gasteiger partial charge on any atom is 0.267 e. The number of aryl methyl sites for hydroxylation is 1. The second-order valence-corrected chi connectivity index (χ2v) is 4.52. The summed E-state index contributed by atoms with van der Waals surface area (Å²) in [5, 5.41) is 0. The maximum absolute atomic E-state index is 11.9. The van der Waals surface area contributed by atoms with Gasteiger partial charge in [0.2, 0.25) is 0 Å². The van der Waals surface area contributed by atoms with Gasteiger partial charge in [-0.15, -0.1) is 0 Å². The van der Waals surface area contributed by atoms with E-state index in [0.29, 0.717) is 10.1 Å². The molecule has 0 spiro atoms. The SMILES string of the molecule is Cc1ncn(Cc2cccnc2)c(=O)c1I. The van der Waals surface area contributed by atoms with Crippen LogP contribution in [-0.2, 0) is 6.54 Å². The molecule has 0 bridgehead atoms. The molecule has 0 aliphatic carbocycles. The Morgan fingerprint density at radius 3 is 3.00 bits per heavy atom. The Morgan fingerprint density at radius 1 is 1.50 bits per heavy atom. The van der Waals surface area contributed by atoms with Crippen LogP contribution in [0.25, 0.3) is 0 Å². The molecule has 0 saturated carbocycles. The summed E-state index contributed by atoms with van der Waals surface area (Å²) in [7, 11) is 0. The third-order valence-corrected chi connectivity index (χ3v) is 3.47. The molecule has 0 radical (unpaired) electrons. The van der Waals surface area contributed by atoms with Gasteiger partial charge < -0.3 is 0 Å². The van der Waals surface area contributed by atoms with Crippen LogP contribution in [0.4, 0.5) is 0 Å². The molecule has 0 N–H and O–H groups in total. The lowest BCUT2D eigenvalue weighted by atomic mass is 10.3. The van der Waals surface area contributed by atoms with Gasteiger partial charge in [-0.25, -0.2) is 4.98 Å². The quantitative estimate of drug-likeness (QED) is 0.787. The molecule has 0 saturated heterocycles. The van der Waals surface area contributed by atoms with E-state index >= 15 is 0 Å². The summed E-state index contributed by atoms with van der Waals surface area (Å²) in [5.41, 5.74) is 1.76. The average Bonchev–Trinajstić information content (AvgIpc) is 2.31. The Labute approximate surface area is 107 Å². The minimum Gasteiger partial charge on any atom is -0.294 e. The standard InChI is InChI=1S/C11H10IN3O/c1-8-10(12)11(16)15(7-14-8)6-9-3-2-4-13-5-9/h2-5,7H,6H2,1H3. The molecule has 82 valence electrons. The molecule has 2 heterocycles. The molecule has 2 rings (SSSR count). The Kier molecular flexibility index (Phi) is 3.33. The van der Waals surface area contributed by atoms with Gasteiger partial charge in [-0.3, -0.25) is 14.3 Å².